The third-order valence-electron chi connectivity index (χ3n) is 5.32. The minimum Gasteiger partial charge on any atom is -0.493 e. The SMILES string of the molecule is COc1ccc(CNC(=O)CN2CCN(c3ccc(C(C)=O)cc3)CC2)cc1OC. The molecule has 0 atom stereocenters. The number of amides is 1. The van der Waals surface area contributed by atoms with E-state index in [-0.39, 0.29) is 11.7 Å². The van der Waals surface area contributed by atoms with Crippen LogP contribution in [0.3, 0.4) is 0 Å². The van der Waals surface area contributed by atoms with Crippen molar-refractivity contribution in [1.82, 2.24) is 10.2 Å². The first kappa shape index (κ1) is 21.6. The van der Waals surface area contributed by atoms with Crippen LogP contribution in [0.2, 0.25) is 0 Å². The highest BCUT2D eigenvalue weighted by Crippen LogP contribution is 2.27. The number of carbonyl (C=O) groups is 2. The molecule has 0 bridgehead atoms. The average Bonchev–Trinajstić information content (AvgIpc) is 2.78. The zero-order valence-electron chi connectivity index (χ0n) is 17.8. The van der Waals surface area contributed by atoms with Crippen LogP contribution in [0.5, 0.6) is 11.5 Å². The molecule has 1 fully saturated rings. The Hall–Kier alpha value is -3.06. The molecule has 1 saturated heterocycles. The molecule has 2 aromatic carbocycles. The molecular formula is C23H29N3O4. The van der Waals surface area contributed by atoms with Crippen LogP contribution in [-0.4, -0.2) is 63.5 Å². The predicted octanol–water partition coefficient (Wildman–Crippen LogP) is 2.34. The second kappa shape index (κ2) is 10.1. The molecule has 0 aromatic heterocycles. The molecule has 160 valence electrons. The van der Waals surface area contributed by atoms with Crippen molar-refractivity contribution in [1.29, 1.82) is 0 Å². The van der Waals surface area contributed by atoms with E-state index in [0.29, 0.717) is 24.6 Å². The fourth-order valence-electron chi connectivity index (χ4n) is 3.52. The van der Waals surface area contributed by atoms with Gasteiger partial charge < -0.3 is 19.7 Å². The van der Waals surface area contributed by atoms with Gasteiger partial charge in [-0.15, -0.1) is 0 Å². The van der Waals surface area contributed by atoms with E-state index in [1.165, 1.54) is 0 Å². The summed E-state index contributed by atoms with van der Waals surface area (Å²) in [5, 5.41) is 2.97. The molecule has 0 saturated carbocycles. The minimum atomic E-state index is 0.00375. The predicted molar refractivity (Wildman–Crippen MR) is 116 cm³/mol. The topological polar surface area (TPSA) is 71.1 Å². The summed E-state index contributed by atoms with van der Waals surface area (Å²) in [6, 6.07) is 13.3. The molecule has 0 aliphatic carbocycles. The first-order valence-corrected chi connectivity index (χ1v) is 10.1. The molecule has 30 heavy (non-hydrogen) atoms. The van der Waals surface area contributed by atoms with Gasteiger partial charge >= 0.3 is 0 Å². The van der Waals surface area contributed by atoms with Crippen LogP contribution < -0.4 is 19.7 Å². The molecule has 0 unspecified atom stereocenters. The summed E-state index contributed by atoms with van der Waals surface area (Å²) in [6.45, 7) is 5.73. The Bertz CT molecular complexity index is 875. The van der Waals surface area contributed by atoms with E-state index in [1.807, 2.05) is 42.5 Å². The van der Waals surface area contributed by atoms with Crippen molar-refractivity contribution in [2.75, 3.05) is 51.8 Å². The maximum absolute atomic E-state index is 12.4. The van der Waals surface area contributed by atoms with E-state index in [4.69, 9.17) is 9.47 Å². The van der Waals surface area contributed by atoms with Crippen LogP contribution >= 0.6 is 0 Å². The number of nitrogens with one attached hydrogen (secondary N) is 1. The second-order valence-electron chi connectivity index (χ2n) is 7.33. The number of Topliss-reactive ketones (excluding diaryl/α,β-unsaturated/α-hetero) is 1. The quantitative estimate of drug-likeness (QED) is 0.673. The number of ether oxygens (including phenoxy) is 2. The number of benzene rings is 2. The van der Waals surface area contributed by atoms with Crippen molar-refractivity contribution in [3.63, 3.8) is 0 Å². The molecule has 1 amide bonds. The van der Waals surface area contributed by atoms with Crippen LogP contribution in [0.4, 0.5) is 5.69 Å². The Morgan fingerprint density at radius 3 is 2.20 bits per heavy atom. The molecule has 0 spiro atoms. The molecule has 2 aromatic rings. The van der Waals surface area contributed by atoms with E-state index in [2.05, 4.69) is 15.1 Å². The maximum atomic E-state index is 12.4. The number of hydrogen-bond acceptors (Lipinski definition) is 6. The van der Waals surface area contributed by atoms with Gasteiger partial charge in [0.05, 0.1) is 20.8 Å². The van der Waals surface area contributed by atoms with E-state index in [1.54, 1.807) is 21.1 Å². The molecule has 1 aliphatic rings. The number of nitrogens with zero attached hydrogens (tertiary/aromatic N) is 2. The number of ketones is 1. The van der Waals surface area contributed by atoms with E-state index in [9.17, 15) is 9.59 Å². The summed E-state index contributed by atoms with van der Waals surface area (Å²) in [5.74, 6) is 1.40. The van der Waals surface area contributed by atoms with E-state index in [0.717, 1.165) is 43.0 Å². The van der Waals surface area contributed by atoms with Crippen LogP contribution in [-0.2, 0) is 11.3 Å². The lowest BCUT2D eigenvalue weighted by molar-refractivity contribution is -0.122. The lowest BCUT2D eigenvalue weighted by Gasteiger charge is -2.35. The van der Waals surface area contributed by atoms with Gasteiger partial charge in [0.25, 0.3) is 0 Å². The lowest BCUT2D eigenvalue weighted by Crippen LogP contribution is -2.49. The highest BCUT2D eigenvalue weighted by Gasteiger charge is 2.19. The van der Waals surface area contributed by atoms with Gasteiger partial charge in [-0.1, -0.05) is 6.07 Å². The third-order valence-corrected chi connectivity index (χ3v) is 5.32. The highest BCUT2D eigenvalue weighted by atomic mass is 16.5. The van der Waals surface area contributed by atoms with Crippen LogP contribution in [0.1, 0.15) is 22.8 Å². The van der Waals surface area contributed by atoms with Crippen molar-refractivity contribution in [2.24, 2.45) is 0 Å². The number of anilines is 1. The zero-order valence-corrected chi connectivity index (χ0v) is 17.8. The molecule has 3 rings (SSSR count). The van der Waals surface area contributed by atoms with Gasteiger partial charge in [0, 0.05) is 44.0 Å². The summed E-state index contributed by atoms with van der Waals surface area (Å²) >= 11 is 0. The Morgan fingerprint density at radius 2 is 1.60 bits per heavy atom. The summed E-state index contributed by atoms with van der Waals surface area (Å²) in [6.07, 6.45) is 0. The van der Waals surface area contributed by atoms with Crippen molar-refractivity contribution in [2.45, 2.75) is 13.5 Å². The van der Waals surface area contributed by atoms with Crippen LogP contribution in [0.25, 0.3) is 0 Å². The van der Waals surface area contributed by atoms with Gasteiger partial charge in [0.15, 0.2) is 17.3 Å². The van der Waals surface area contributed by atoms with E-state index < -0.39 is 0 Å². The lowest BCUT2D eigenvalue weighted by atomic mass is 10.1. The monoisotopic (exact) mass is 411 g/mol. The standard InChI is InChI=1S/C23H29N3O4/c1-17(27)19-5-7-20(8-6-19)26-12-10-25(11-13-26)16-23(28)24-15-18-4-9-21(29-2)22(14-18)30-3/h4-9,14H,10-13,15-16H2,1-3H3,(H,24,28). The minimum absolute atomic E-state index is 0.00375. The molecule has 7 nitrogen and oxygen atoms in total. The molecule has 1 N–H and O–H groups in total. The molecule has 0 radical (unpaired) electrons. The molecule has 7 heteroatoms. The molecule has 1 heterocycles. The summed E-state index contributed by atoms with van der Waals surface area (Å²) in [7, 11) is 3.19. The first-order chi connectivity index (χ1) is 14.5. The number of carbonyl (C=O) groups excluding carboxylic acids is 2. The highest BCUT2D eigenvalue weighted by molar-refractivity contribution is 5.94. The molecular weight excluding hydrogens is 382 g/mol. The van der Waals surface area contributed by atoms with Crippen LogP contribution in [0, 0.1) is 0 Å². The Morgan fingerprint density at radius 1 is 0.933 bits per heavy atom. The van der Waals surface area contributed by atoms with Gasteiger partial charge in [-0.3, -0.25) is 14.5 Å². The largest absolute Gasteiger partial charge is 0.493 e. The third kappa shape index (κ3) is 5.51. The number of methoxy groups -OCH3 is 2. The van der Waals surface area contributed by atoms with Gasteiger partial charge in [0.1, 0.15) is 0 Å². The Kier molecular flexibility index (Phi) is 7.30. The number of hydrogen-bond donors (Lipinski definition) is 1. The smallest absolute Gasteiger partial charge is 0.234 e. The van der Waals surface area contributed by atoms with Gasteiger partial charge in [0.2, 0.25) is 5.91 Å². The Balaban J connectivity index is 1.44. The van der Waals surface area contributed by atoms with Gasteiger partial charge in [-0.25, -0.2) is 0 Å². The number of piperazine rings is 1. The summed E-state index contributed by atoms with van der Waals surface area (Å²) in [5.41, 5.74) is 2.79. The Labute approximate surface area is 177 Å². The normalized spacial score (nSPS) is 14.3. The van der Waals surface area contributed by atoms with Crippen molar-refractivity contribution in [3.05, 3.63) is 53.6 Å². The first-order valence-electron chi connectivity index (χ1n) is 10.1. The zero-order chi connectivity index (χ0) is 21.5. The van der Waals surface area contributed by atoms with Gasteiger partial charge in [-0.05, 0) is 48.9 Å². The van der Waals surface area contributed by atoms with Crippen molar-refractivity contribution < 1.29 is 19.1 Å². The maximum Gasteiger partial charge on any atom is 0.234 e. The summed E-state index contributed by atoms with van der Waals surface area (Å²) in [4.78, 5) is 28.2. The average molecular weight is 412 g/mol. The van der Waals surface area contributed by atoms with Crippen molar-refractivity contribution >= 4 is 17.4 Å². The van der Waals surface area contributed by atoms with Crippen LogP contribution in [0.15, 0.2) is 42.5 Å². The van der Waals surface area contributed by atoms with E-state index >= 15 is 0 Å². The molecule has 1 aliphatic heterocycles. The fourth-order valence-corrected chi connectivity index (χ4v) is 3.52. The fraction of sp³-hybridized carbons (Fsp3) is 0.391. The van der Waals surface area contributed by atoms with Crippen molar-refractivity contribution in [3.8, 4) is 11.5 Å². The number of rotatable bonds is 8. The summed E-state index contributed by atoms with van der Waals surface area (Å²) < 4.78 is 10.5. The second-order valence-corrected chi connectivity index (χ2v) is 7.33. The van der Waals surface area contributed by atoms with Gasteiger partial charge in [-0.2, -0.15) is 0 Å².